The summed E-state index contributed by atoms with van der Waals surface area (Å²) >= 11 is 3.28. The fourth-order valence-corrected chi connectivity index (χ4v) is 2.06. The predicted octanol–water partition coefficient (Wildman–Crippen LogP) is 0.382. The van der Waals surface area contributed by atoms with Crippen LogP contribution in [-0.4, -0.2) is 47.6 Å². The van der Waals surface area contributed by atoms with Crippen molar-refractivity contribution in [1.82, 2.24) is 10.2 Å². The van der Waals surface area contributed by atoms with Crippen LogP contribution in [0.5, 0.6) is 0 Å². The van der Waals surface area contributed by atoms with Gasteiger partial charge in [-0.05, 0) is 18.2 Å². The predicted molar refractivity (Wildman–Crippen MR) is 69.1 cm³/mol. The maximum absolute atomic E-state index is 11.7. The molecule has 1 saturated heterocycles. The molecule has 1 heterocycles. The second-order valence-corrected chi connectivity index (χ2v) is 5.06. The van der Waals surface area contributed by atoms with Crippen LogP contribution in [0.4, 0.5) is 0 Å². The van der Waals surface area contributed by atoms with Crippen molar-refractivity contribution >= 4 is 27.7 Å². The van der Waals surface area contributed by atoms with Crippen molar-refractivity contribution in [2.75, 3.05) is 19.6 Å². The first-order valence-corrected chi connectivity index (χ1v) is 6.35. The Bertz CT molecular complexity index is 472. The molecule has 1 aromatic carbocycles. The molecule has 2 rings (SSSR count). The number of aliphatic hydroxyl groups excluding tert-OH is 1. The van der Waals surface area contributed by atoms with Crippen LogP contribution in [0.2, 0.25) is 0 Å². The zero-order valence-corrected chi connectivity index (χ0v) is 11.2. The molecule has 1 fully saturated rings. The minimum Gasteiger partial charge on any atom is -0.389 e. The molecule has 1 aliphatic heterocycles. The third-order valence-corrected chi connectivity index (χ3v) is 3.20. The SMILES string of the molecule is O=C(NCC(=O)N1CC(O)C1)c1cccc(Br)c1. The zero-order chi connectivity index (χ0) is 13.1. The molecular formula is C12H13BrN2O3. The number of carbonyl (C=O) groups excluding carboxylic acids is 2. The molecule has 1 aromatic rings. The third kappa shape index (κ3) is 3.08. The molecular weight excluding hydrogens is 300 g/mol. The number of likely N-dealkylation sites (tertiary alicyclic amines) is 1. The monoisotopic (exact) mass is 312 g/mol. The molecule has 1 aliphatic rings. The first-order valence-electron chi connectivity index (χ1n) is 5.56. The number of benzene rings is 1. The minimum atomic E-state index is -0.422. The van der Waals surface area contributed by atoms with E-state index in [4.69, 9.17) is 5.11 Å². The van der Waals surface area contributed by atoms with Crippen molar-refractivity contribution in [2.45, 2.75) is 6.10 Å². The van der Waals surface area contributed by atoms with Crippen molar-refractivity contribution < 1.29 is 14.7 Å². The Morgan fingerprint density at radius 1 is 1.44 bits per heavy atom. The van der Waals surface area contributed by atoms with E-state index in [0.717, 1.165) is 4.47 Å². The molecule has 96 valence electrons. The summed E-state index contributed by atoms with van der Waals surface area (Å²) in [5.41, 5.74) is 0.501. The van der Waals surface area contributed by atoms with Gasteiger partial charge in [0.15, 0.2) is 0 Å². The lowest BCUT2D eigenvalue weighted by Gasteiger charge is -2.35. The Balaban J connectivity index is 1.83. The summed E-state index contributed by atoms with van der Waals surface area (Å²) < 4.78 is 0.812. The molecule has 0 aromatic heterocycles. The molecule has 5 nitrogen and oxygen atoms in total. The highest BCUT2D eigenvalue weighted by molar-refractivity contribution is 9.10. The highest BCUT2D eigenvalue weighted by atomic mass is 79.9. The van der Waals surface area contributed by atoms with Gasteiger partial charge in [0.2, 0.25) is 5.91 Å². The Morgan fingerprint density at radius 2 is 2.17 bits per heavy atom. The van der Waals surface area contributed by atoms with E-state index in [2.05, 4.69) is 21.2 Å². The second kappa shape index (κ2) is 5.49. The molecule has 0 radical (unpaired) electrons. The highest BCUT2D eigenvalue weighted by Crippen LogP contribution is 2.11. The van der Waals surface area contributed by atoms with Gasteiger partial charge in [-0.2, -0.15) is 0 Å². The van der Waals surface area contributed by atoms with Crippen LogP contribution < -0.4 is 5.32 Å². The van der Waals surface area contributed by atoms with Gasteiger partial charge in [-0.25, -0.2) is 0 Å². The number of halogens is 1. The summed E-state index contributed by atoms with van der Waals surface area (Å²) in [5.74, 6) is -0.464. The molecule has 2 N–H and O–H groups in total. The fourth-order valence-electron chi connectivity index (χ4n) is 1.66. The largest absolute Gasteiger partial charge is 0.389 e. The smallest absolute Gasteiger partial charge is 0.251 e. The van der Waals surface area contributed by atoms with Crippen LogP contribution in [0.1, 0.15) is 10.4 Å². The van der Waals surface area contributed by atoms with E-state index >= 15 is 0 Å². The summed E-state index contributed by atoms with van der Waals surface area (Å²) in [5, 5.41) is 11.6. The number of nitrogens with zero attached hydrogens (tertiary/aromatic N) is 1. The van der Waals surface area contributed by atoms with E-state index in [-0.39, 0.29) is 18.4 Å². The molecule has 0 unspecified atom stereocenters. The van der Waals surface area contributed by atoms with E-state index in [1.54, 1.807) is 18.2 Å². The standard InChI is InChI=1S/C12H13BrN2O3/c13-9-3-1-2-8(4-9)12(18)14-5-11(17)15-6-10(16)7-15/h1-4,10,16H,5-7H2,(H,14,18). The lowest BCUT2D eigenvalue weighted by atomic mass is 10.1. The molecule has 2 amide bonds. The summed E-state index contributed by atoms with van der Waals surface area (Å²) in [7, 11) is 0. The normalized spacial score (nSPS) is 15.1. The van der Waals surface area contributed by atoms with Gasteiger partial charge in [-0.1, -0.05) is 22.0 Å². The zero-order valence-electron chi connectivity index (χ0n) is 9.60. The third-order valence-electron chi connectivity index (χ3n) is 2.70. The van der Waals surface area contributed by atoms with Crippen LogP contribution in [-0.2, 0) is 4.79 Å². The van der Waals surface area contributed by atoms with Crippen molar-refractivity contribution in [3.8, 4) is 0 Å². The first-order chi connectivity index (χ1) is 8.56. The van der Waals surface area contributed by atoms with Crippen LogP contribution in [0.3, 0.4) is 0 Å². The van der Waals surface area contributed by atoms with Crippen molar-refractivity contribution in [3.63, 3.8) is 0 Å². The summed E-state index contributed by atoms with van der Waals surface area (Å²) in [6.07, 6.45) is -0.422. The Labute approximate surface area is 113 Å². The molecule has 0 aliphatic carbocycles. The van der Waals surface area contributed by atoms with Gasteiger partial charge < -0.3 is 15.3 Å². The summed E-state index contributed by atoms with van der Waals surface area (Å²) in [6, 6.07) is 6.95. The number of rotatable bonds is 3. The van der Waals surface area contributed by atoms with Gasteiger partial charge in [0.05, 0.1) is 12.6 Å². The number of carbonyl (C=O) groups is 2. The number of amides is 2. The van der Waals surface area contributed by atoms with E-state index in [1.165, 1.54) is 4.90 Å². The fraction of sp³-hybridized carbons (Fsp3) is 0.333. The maximum Gasteiger partial charge on any atom is 0.251 e. The number of β-amino-alcohol motifs (C(OH)–C–C–N with tert-alkyl or cyclic N) is 1. The topological polar surface area (TPSA) is 69.6 Å². The molecule has 0 bridgehead atoms. The molecule has 18 heavy (non-hydrogen) atoms. The quantitative estimate of drug-likeness (QED) is 0.848. The van der Waals surface area contributed by atoms with Crippen molar-refractivity contribution in [2.24, 2.45) is 0 Å². The van der Waals surface area contributed by atoms with Gasteiger partial charge >= 0.3 is 0 Å². The van der Waals surface area contributed by atoms with Crippen LogP contribution in [0.25, 0.3) is 0 Å². The lowest BCUT2D eigenvalue weighted by molar-refractivity contribution is -0.140. The van der Waals surface area contributed by atoms with Gasteiger partial charge in [-0.15, -0.1) is 0 Å². The highest BCUT2D eigenvalue weighted by Gasteiger charge is 2.28. The van der Waals surface area contributed by atoms with Crippen LogP contribution >= 0.6 is 15.9 Å². The Hall–Kier alpha value is -1.40. The molecule has 6 heteroatoms. The number of hydrogen-bond donors (Lipinski definition) is 2. The molecule has 0 spiro atoms. The number of aliphatic hydroxyl groups is 1. The number of hydrogen-bond acceptors (Lipinski definition) is 3. The van der Waals surface area contributed by atoms with E-state index in [1.807, 2.05) is 6.07 Å². The van der Waals surface area contributed by atoms with Crippen LogP contribution in [0, 0.1) is 0 Å². The van der Waals surface area contributed by atoms with E-state index in [9.17, 15) is 9.59 Å². The summed E-state index contributed by atoms with van der Waals surface area (Å²) in [6.45, 7) is 0.662. The average Bonchev–Trinajstić information content (AvgIpc) is 2.31. The van der Waals surface area contributed by atoms with Gasteiger partial charge in [0.25, 0.3) is 5.91 Å². The Morgan fingerprint density at radius 3 is 2.78 bits per heavy atom. The molecule has 0 saturated carbocycles. The maximum atomic E-state index is 11.7. The first kappa shape index (κ1) is 13.0. The van der Waals surface area contributed by atoms with E-state index in [0.29, 0.717) is 18.7 Å². The average molecular weight is 313 g/mol. The van der Waals surface area contributed by atoms with Crippen molar-refractivity contribution in [3.05, 3.63) is 34.3 Å². The van der Waals surface area contributed by atoms with E-state index < -0.39 is 6.10 Å². The van der Waals surface area contributed by atoms with Crippen molar-refractivity contribution in [1.29, 1.82) is 0 Å². The van der Waals surface area contributed by atoms with Crippen LogP contribution in [0.15, 0.2) is 28.7 Å². The second-order valence-electron chi connectivity index (χ2n) is 4.15. The Kier molecular flexibility index (Phi) is 3.98. The minimum absolute atomic E-state index is 0.0436. The number of nitrogens with one attached hydrogen (secondary N) is 1. The van der Waals surface area contributed by atoms with Gasteiger partial charge in [0, 0.05) is 23.1 Å². The summed E-state index contributed by atoms with van der Waals surface area (Å²) in [4.78, 5) is 24.8. The lowest BCUT2D eigenvalue weighted by Crippen LogP contribution is -2.55. The van der Waals surface area contributed by atoms with Gasteiger partial charge in [0.1, 0.15) is 0 Å². The van der Waals surface area contributed by atoms with Gasteiger partial charge in [-0.3, -0.25) is 9.59 Å². The molecule has 0 atom stereocenters.